The molecule has 1 aliphatic heterocycles. The molecule has 0 bridgehead atoms. The highest BCUT2D eigenvalue weighted by Gasteiger charge is 2.35. The largest absolute Gasteiger partial charge is 0.338 e. The molecule has 0 saturated carbocycles. The van der Waals surface area contributed by atoms with Gasteiger partial charge in [0.2, 0.25) is 5.91 Å². The van der Waals surface area contributed by atoms with Crippen LogP contribution in [0.15, 0.2) is 0 Å². The number of amides is 1. The van der Waals surface area contributed by atoms with Crippen molar-refractivity contribution in [2.45, 2.75) is 45.7 Å². The molecule has 1 unspecified atom stereocenters. The molecule has 0 spiro atoms. The van der Waals surface area contributed by atoms with E-state index in [1.165, 1.54) is 0 Å². The van der Waals surface area contributed by atoms with Gasteiger partial charge in [-0.15, -0.1) is 0 Å². The lowest BCUT2D eigenvalue weighted by Gasteiger charge is -2.30. The van der Waals surface area contributed by atoms with Gasteiger partial charge >= 0.3 is 0 Å². The van der Waals surface area contributed by atoms with Gasteiger partial charge in [-0.1, -0.05) is 13.8 Å². The van der Waals surface area contributed by atoms with Crippen LogP contribution in [0, 0.1) is 5.92 Å². The Morgan fingerprint density at radius 3 is 2.44 bits per heavy atom. The number of sulfone groups is 1. The molecule has 1 aliphatic rings. The summed E-state index contributed by atoms with van der Waals surface area (Å²) in [7, 11) is -2.97. The molecule has 2 atom stereocenters. The van der Waals surface area contributed by atoms with E-state index in [9.17, 15) is 13.2 Å². The maximum Gasteiger partial charge on any atom is 0.239 e. The van der Waals surface area contributed by atoms with E-state index in [1.807, 2.05) is 20.8 Å². The van der Waals surface area contributed by atoms with Gasteiger partial charge in [0.25, 0.3) is 0 Å². The van der Waals surface area contributed by atoms with Crippen molar-refractivity contribution >= 4 is 15.7 Å². The minimum absolute atomic E-state index is 0.0843. The standard InChI is InChI=1S/C12H24N2O3S/c1-4-14(10-5-6-18(16,17)8-10)12(15)11(13)7-9(2)3/h9-11H,4-8,13H2,1-3H3/t10?,11-/m1/s1. The number of hydrogen-bond donors (Lipinski definition) is 1. The van der Waals surface area contributed by atoms with E-state index >= 15 is 0 Å². The molecule has 0 aromatic carbocycles. The Kier molecular flexibility index (Phi) is 5.16. The summed E-state index contributed by atoms with van der Waals surface area (Å²) in [5.74, 6) is 0.505. The van der Waals surface area contributed by atoms with Crippen LogP contribution in [-0.2, 0) is 14.6 Å². The Hall–Kier alpha value is -0.620. The molecule has 5 nitrogen and oxygen atoms in total. The monoisotopic (exact) mass is 276 g/mol. The van der Waals surface area contributed by atoms with Gasteiger partial charge in [-0.3, -0.25) is 4.79 Å². The van der Waals surface area contributed by atoms with E-state index < -0.39 is 15.9 Å². The lowest BCUT2D eigenvalue weighted by atomic mass is 10.0. The average molecular weight is 276 g/mol. The predicted octanol–water partition coefficient (Wildman–Crippen LogP) is 0.395. The van der Waals surface area contributed by atoms with Crippen LogP contribution in [0.1, 0.15) is 33.6 Å². The molecule has 0 aromatic rings. The lowest BCUT2D eigenvalue weighted by Crippen LogP contribution is -2.49. The molecular weight excluding hydrogens is 252 g/mol. The minimum atomic E-state index is -2.97. The second kappa shape index (κ2) is 6.02. The third-order valence-electron chi connectivity index (χ3n) is 3.32. The highest BCUT2D eigenvalue weighted by Crippen LogP contribution is 2.19. The number of likely N-dealkylation sites (N-methyl/N-ethyl adjacent to an activating group) is 1. The van der Waals surface area contributed by atoms with Gasteiger partial charge in [0.1, 0.15) is 0 Å². The van der Waals surface area contributed by atoms with E-state index in [2.05, 4.69) is 0 Å². The highest BCUT2D eigenvalue weighted by molar-refractivity contribution is 7.91. The Morgan fingerprint density at radius 1 is 1.44 bits per heavy atom. The highest BCUT2D eigenvalue weighted by atomic mass is 32.2. The summed E-state index contributed by atoms with van der Waals surface area (Å²) < 4.78 is 22.9. The zero-order chi connectivity index (χ0) is 13.9. The first-order valence-corrected chi connectivity index (χ1v) is 8.35. The fraction of sp³-hybridized carbons (Fsp3) is 0.917. The summed E-state index contributed by atoms with van der Waals surface area (Å²) in [4.78, 5) is 13.9. The molecule has 18 heavy (non-hydrogen) atoms. The van der Waals surface area contributed by atoms with Crippen LogP contribution in [-0.4, -0.2) is 49.4 Å². The van der Waals surface area contributed by atoms with Gasteiger partial charge in [0.15, 0.2) is 9.84 Å². The first-order valence-electron chi connectivity index (χ1n) is 6.53. The molecule has 2 N–H and O–H groups in total. The minimum Gasteiger partial charge on any atom is -0.338 e. The third kappa shape index (κ3) is 3.95. The van der Waals surface area contributed by atoms with Gasteiger partial charge < -0.3 is 10.6 Å². The Bertz CT molecular complexity index is 392. The van der Waals surface area contributed by atoms with Crippen LogP contribution in [0.5, 0.6) is 0 Å². The van der Waals surface area contributed by atoms with Crippen molar-refractivity contribution in [2.75, 3.05) is 18.1 Å². The number of nitrogens with zero attached hydrogens (tertiary/aromatic N) is 1. The molecule has 1 heterocycles. The molecule has 1 fully saturated rings. The zero-order valence-corrected chi connectivity index (χ0v) is 12.2. The van der Waals surface area contributed by atoms with Crippen molar-refractivity contribution in [3.8, 4) is 0 Å². The summed E-state index contributed by atoms with van der Waals surface area (Å²) in [5.41, 5.74) is 5.89. The summed E-state index contributed by atoms with van der Waals surface area (Å²) in [6.07, 6.45) is 1.17. The first-order chi connectivity index (χ1) is 8.26. The van der Waals surface area contributed by atoms with Gasteiger partial charge in [0, 0.05) is 12.6 Å². The van der Waals surface area contributed by atoms with Gasteiger partial charge in [-0.2, -0.15) is 0 Å². The van der Waals surface area contributed by atoms with E-state index in [1.54, 1.807) is 4.90 Å². The van der Waals surface area contributed by atoms with E-state index in [4.69, 9.17) is 5.73 Å². The smallest absolute Gasteiger partial charge is 0.239 e. The molecule has 106 valence electrons. The maximum absolute atomic E-state index is 12.2. The van der Waals surface area contributed by atoms with E-state index in [0.29, 0.717) is 25.3 Å². The summed E-state index contributed by atoms with van der Waals surface area (Å²) in [6.45, 7) is 6.42. The predicted molar refractivity (Wildman–Crippen MR) is 71.9 cm³/mol. The Balaban J connectivity index is 2.69. The Labute approximate surface area is 110 Å². The number of rotatable bonds is 5. The number of carbonyl (C=O) groups excluding carboxylic acids is 1. The fourth-order valence-corrected chi connectivity index (χ4v) is 4.17. The van der Waals surface area contributed by atoms with Crippen molar-refractivity contribution in [3.05, 3.63) is 0 Å². The van der Waals surface area contributed by atoms with Gasteiger partial charge in [-0.05, 0) is 25.7 Å². The van der Waals surface area contributed by atoms with Crippen LogP contribution in [0.25, 0.3) is 0 Å². The second-order valence-corrected chi connectivity index (χ2v) is 7.65. The quantitative estimate of drug-likeness (QED) is 0.788. The molecule has 0 radical (unpaired) electrons. The number of hydrogen-bond acceptors (Lipinski definition) is 4. The molecular formula is C12H24N2O3S. The zero-order valence-electron chi connectivity index (χ0n) is 11.4. The normalized spacial score (nSPS) is 24.2. The van der Waals surface area contributed by atoms with Crippen LogP contribution >= 0.6 is 0 Å². The molecule has 6 heteroatoms. The lowest BCUT2D eigenvalue weighted by molar-refractivity contribution is -0.134. The van der Waals surface area contributed by atoms with Crippen molar-refractivity contribution in [2.24, 2.45) is 11.7 Å². The SMILES string of the molecule is CCN(C(=O)[C@H](N)CC(C)C)C1CCS(=O)(=O)C1. The number of carbonyl (C=O) groups is 1. The fourth-order valence-electron chi connectivity index (χ4n) is 2.44. The van der Waals surface area contributed by atoms with Crippen LogP contribution in [0.3, 0.4) is 0 Å². The molecule has 1 rings (SSSR count). The van der Waals surface area contributed by atoms with Crippen molar-refractivity contribution in [1.82, 2.24) is 4.90 Å². The van der Waals surface area contributed by atoms with Crippen molar-refractivity contribution in [3.63, 3.8) is 0 Å². The number of nitrogens with two attached hydrogens (primary N) is 1. The molecule has 1 amide bonds. The van der Waals surface area contributed by atoms with Crippen molar-refractivity contribution < 1.29 is 13.2 Å². The van der Waals surface area contributed by atoms with Crippen LogP contribution in [0.2, 0.25) is 0 Å². The first kappa shape index (κ1) is 15.4. The molecule has 0 aromatic heterocycles. The molecule has 1 saturated heterocycles. The maximum atomic E-state index is 12.2. The summed E-state index contributed by atoms with van der Waals surface area (Å²) in [5, 5.41) is 0. The van der Waals surface area contributed by atoms with Gasteiger partial charge in [-0.25, -0.2) is 8.42 Å². The third-order valence-corrected chi connectivity index (χ3v) is 5.07. The average Bonchev–Trinajstić information content (AvgIpc) is 2.58. The Morgan fingerprint density at radius 2 is 2.06 bits per heavy atom. The van der Waals surface area contributed by atoms with Crippen molar-refractivity contribution in [1.29, 1.82) is 0 Å². The van der Waals surface area contributed by atoms with Crippen LogP contribution < -0.4 is 5.73 Å². The van der Waals surface area contributed by atoms with E-state index in [-0.39, 0.29) is 23.5 Å². The van der Waals surface area contributed by atoms with Gasteiger partial charge in [0.05, 0.1) is 17.5 Å². The van der Waals surface area contributed by atoms with Crippen LogP contribution in [0.4, 0.5) is 0 Å². The summed E-state index contributed by atoms with van der Waals surface area (Å²) >= 11 is 0. The topological polar surface area (TPSA) is 80.5 Å². The van der Waals surface area contributed by atoms with E-state index in [0.717, 1.165) is 0 Å². The molecule has 0 aliphatic carbocycles. The summed E-state index contributed by atoms with van der Waals surface area (Å²) in [6, 6.07) is -0.709. The second-order valence-electron chi connectivity index (χ2n) is 5.42.